The molecule has 3 aromatic rings. The van der Waals surface area contributed by atoms with E-state index in [2.05, 4.69) is 39.6 Å². The number of hydrogen-bond acceptors (Lipinski definition) is 6. The third-order valence-electron chi connectivity index (χ3n) is 5.30. The minimum absolute atomic E-state index is 0.0714. The molecule has 1 saturated heterocycles. The van der Waals surface area contributed by atoms with E-state index in [1.807, 2.05) is 41.3 Å². The van der Waals surface area contributed by atoms with E-state index in [4.69, 9.17) is 0 Å². The Kier molecular flexibility index (Phi) is 5.65. The molecular weight excluding hydrogens is 366 g/mol. The number of piperidine rings is 1. The monoisotopic (exact) mass is 389 g/mol. The summed E-state index contributed by atoms with van der Waals surface area (Å²) in [7, 11) is 0. The van der Waals surface area contributed by atoms with E-state index in [1.54, 1.807) is 0 Å². The molecule has 0 unspecified atom stereocenters. The standard InChI is InChI=1S/C22H23N5O2/c28-27(29)20-21(25-19-9-5-2-6-10-19)23-16-24-22(20)26-13-11-18(12-14-26)15-17-7-3-1-4-8-17/h1-10,16,18H,11-15H2,(H,23,24,25). The minimum atomic E-state index is -0.392. The SMILES string of the molecule is O=[N+]([O-])c1c(Nc2ccccc2)ncnc1N1CCC(Cc2ccccc2)CC1. The number of rotatable bonds is 6. The van der Waals surface area contributed by atoms with Crippen LogP contribution in [-0.4, -0.2) is 28.0 Å². The maximum atomic E-state index is 11.8. The molecule has 0 radical (unpaired) electrons. The first kappa shape index (κ1) is 18.9. The van der Waals surface area contributed by atoms with Gasteiger partial charge < -0.3 is 10.2 Å². The van der Waals surface area contributed by atoms with Gasteiger partial charge in [0.2, 0.25) is 11.6 Å². The molecule has 0 saturated carbocycles. The summed E-state index contributed by atoms with van der Waals surface area (Å²) in [6.45, 7) is 1.50. The summed E-state index contributed by atoms with van der Waals surface area (Å²) >= 11 is 0. The quantitative estimate of drug-likeness (QED) is 0.490. The minimum Gasteiger partial charge on any atom is -0.351 e. The smallest absolute Gasteiger partial charge is 0.351 e. The van der Waals surface area contributed by atoms with Crippen molar-refractivity contribution in [2.24, 2.45) is 5.92 Å². The fraction of sp³-hybridized carbons (Fsp3) is 0.273. The van der Waals surface area contributed by atoms with Crippen LogP contribution < -0.4 is 10.2 Å². The highest BCUT2D eigenvalue weighted by Gasteiger charge is 2.30. The second-order valence-electron chi connectivity index (χ2n) is 7.26. The third-order valence-corrected chi connectivity index (χ3v) is 5.30. The van der Waals surface area contributed by atoms with E-state index < -0.39 is 4.92 Å². The molecule has 1 aliphatic heterocycles. The maximum Gasteiger partial charge on any atom is 0.353 e. The predicted molar refractivity (Wildman–Crippen MR) is 113 cm³/mol. The van der Waals surface area contributed by atoms with Crippen LogP contribution in [0.15, 0.2) is 67.0 Å². The predicted octanol–water partition coefficient (Wildman–Crippen LogP) is 4.59. The number of nitrogens with one attached hydrogen (secondary N) is 1. The summed E-state index contributed by atoms with van der Waals surface area (Å²) in [5, 5.41) is 14.9. The molecule has 0 bridgehead atoms. The van der Waals surface area contributed by atoms with Gasteiger partial charge in [0.15, 0.2) is 0 Å². The maximum absolute atomic E-state index is 11.8. The summed E-state index contributed by atoms with van der Waals surface area (Å²) in [5.41, 5.74) is 2.02. The van der Waals surface area contributed by atoms with Crippen molar-refractivity contribution in [2.75, 3.05) is 23.3 Å². The van der Waals surface area contributed by atoms with Gasteiger partial charge in [-0.05, 0) is 42.9 Å². The van der Waals surface area contributed by atoms with Crippen molar-refractivity contribution in [3.05, 3.63) is 82.7 Å². The Bertz CT molecular complexity index is 957. The average molecular weight is 389 g/mol. The lowest BCUT2D eigenvalue weighted by Crippen LogP contribution is -2.35. The van der Waals surface area contributed by atoms with Crippen molar-refractivity contribution >= 4 is 23.0 Å². The van der Waals surface area contributed by atoms with Crippen LogP contribution in [0.5, 0.6) is 0 Å². The molecular formula is C22H23N5O2. The first-order valence-corrected chi connectivity index (χ1v) is 9.81. The van der Waals surface area contributed by atoms with Gasteiger partial charge >= 0.3 is 5.69 Å². The van der Waals surface area contributed by atoms with Crippen LogP contribution in [0.1, 0.15) is 18.4 Å². The van der Waals surface area contributed by atoms with E-state index in [1.165, 1.54) is 11.9 Å². The fourth-order valence-corrected chi connectivity index (χ4v) is 3.82. The van der Waals surface area contributed by atoms with Gasteiger partial charge in [-0.15, -0.1) is 0 Å². The normalized spacial score (nSPS) is 14.6. The molecule has 0 spiro atoms. The van der Waals surface area contributed by atoms with Crippen LogP contribution in [0.4, 0.5) is 23.0 Å². The van der Waals surface area contributed by atoms with Gasteiger partial charge in [-0.3, -0.25) is 10.1 Å². The van der Waals surface area contributed by atoms with Gasteiger partial charge in [0.25, 0.3) is 0 Å². The highest BCUT2D eigenvalue weighted by atomic mass is 16.6. The topological polar surface area (TPSA) is 84.2 Å². The lowest BCUT2D eigenvalue weighted by molar-refractivity contribution is -0.383. The largest absolute Gasteiger partial charge is 0.353 e. The van der Waals surface area contributed by atoms with Crippen molar-refractivity contribution < 1.29 is 4.92 Å². The molecule has 7 nitrogen and oxygen atoms in total. The molecule has 2 heterocycles. The molecule has 29 heavy (non-hydrogen) atoms. The van der Waals surface area contributed by atoms with Gasteiger partial charge in [0, 0.05) is 18.8 Å². The van der Waals surface area contributed by atoms with Crippen molar-refractivity contribution in [3.8, 4) is 0 Å². The molecule has 4 rings (SSSR count). The second-order valence-corrected chi connectivity index (χ2v) is 7.26. The van der Waals surface area contributed by atoms with Crippen molar-refractivity contribution in [1.82, 2.24) is 9.97 Å². The highest BCUT2D eigenvalue weighted by molar-refractivity contribution is 5.74. The highest BCUT2D eigenvalue weighted by Crippen LogP contribution is 2.35. The number of nitrogens with zero attached hydrogens (tertiary/aromatic N) is 4. The van der Waals surface area contributed by atoms with Gasteiger partial charge in [-0.1, -0.05) is 48.5 Å². The summed E-state index contributed by atoms with van der Waals surface area (Å²) in [6, 6.07) is 19.8. The lowest BCUT2D eigenvalue weighted by atomic mass is 9.90. The summed E-state index contributed by atoms with van der Waals surface area (Å²) in [5.74, 6) is 1.19. The van der Waals surface area contributed by atoms with Gasteiger partial charge in [0.05, 0.1) is 4.92 Å². The zero-order chi connectivity index (χ0) is 20.1. The molecule has 0 amide bonds. The zero-order valence-corrected chi connectivity index (χ0v) is 16.1. The van der Waals surface area contributed by atoms with E-state index >= 15 is 0 Å². The van der Waals surface area contributed by atoms with Gasteiger partial charge in [-0.2, -0.15) is 0 Å². The number of anilines is 3. The number of para-hydroxylation sites is 1. The van der Waals surface area contributed by atoms with Crippen LogP contribution >= 0.6 is 0 Å². The molecule has 0 aliphatic carbocycles. The Hall–Kier alpha value is -3.48. The molecule has 148 valence electrons. The summed E-state index contributed by atoms with van der Waals surface area (Å²) in [6.07, 6.45) is 4.40. The van der Waals surface area contributed by atoms with Crippen LogP contribution in [0.2, 0.25) is 0 Å². The van der Waals surface area contributed by atoms with Crippen molar-refractivity contribution in [2.45, 2.75) is 19.3 Å². The average Bonchev–Trinajstić information content (AvgIpc) is 2.75. The molecule has 7 heteroatoms. The Morgan fingerprint density at radius 3 is 2.31 bits per heavy atom. The van der Waals surface area contributed by atoms with Gasteiger partial charge in [-0.25, -0.2) is 9.97 Å². The first-order valence-electron chi connectivity index (χ1n) is 9.81. The summed E-state index contributed by atoms with van der Waals surface area (Å²) < 4.78 is 0. The van der Waals surface area contributed by atoms with Crippen LogP contribution in [0.3, 0.4) is 0 Å². The van der Waals surface area contributed by atoms with E-state index in [0.717, 1.165) is 38.0 Å². The molecule has 0 atom stereocenters. The van der Waals surface area contributed by atoms with Crippen LogP contribution in [-0.2, 0) is 6.42 Å². The van der Waals surface area contributed by atoms with Crippen LogP contribution in [0, 0.1) is 16.0 Å². The Labute approximate surface area is 169 Å². The van der Waals surface area contributed by atoms with Crippen LogP contribution in [0.25, 0.3) is 0 Å². The Morgan fingerprint density at radius 2 is 1.66 bits per heavy atom. The number of nitro groups is 1. The van der Waals surface area contributed by atoms with E-state index in [0.29, 0.717) is 11.7 Å². The van der Waals surface area contributed by atoms with Crippen molar-refractivity contribution in [3.63, 3.8) is 0 Å². The number of aromatic nitrogens is 2. The zero-order valence-electron chi connectivity index (χ0n) is 16.1. The Morgan fingerprint density at radius 1 is 1.00 bits per heavy atom. The molecule has 2 aromatic carbocycles. The lowest BCUT2D eigenvalue weighted by Gasteiger charge is -2.32. The van der Waals surface area contributed by atoms with Gasteiger partial charge in [0.1, 0.15) is 6.33 Å². The first-order chi connectivity index (χ1) is 14.2. The molecule has 1 aromatic heterocycles. The van der Waals surface area contributed by atoms with E-state index in [-0.39, 0.29) is 11.5 Å². The third kappa shape index (κ3) is 4.51. The van der Waals surface area contributed by atoms with Crippen molar-refractivity contribution in [1.29, 1.82) is 0 Å². The second kappa shape index (κ2) is 8.68. The van der Waals surface area contributed by atoms with E-state index in [9.17, 15) is 10.1 Å². The Balaban J connectivity index is 1.50. The summed E-state index contributed by atoms with van der Waals surface area (Å²) in [4.78, 5) is 21.9. The molecule has 1 aliphatic rings. The fourth-order valence-electron chi connectivity index (χ4n) is 3.82. The number of hydrogen-bond donors (Lipinski definition) is 1. The number of benzene rings is 2. The molecule has 1 N–H and O–H groups in total. The molecule has 1 fully saturated rings.